The molecule has 3 aliphatic rings. The second kappa shape index (κ2) is 11.4. The number of amides is 2. The lowest BCUT2D eigenvalue weighted by Gasteiger charge is -2.32. The number of hydrogen-bond donors (Lipinski definition) is 1. The number of rotatable bonds is 6. The van der Waals surface area contributed by atoms with Crippen molar-refractivity contribution in [3.05, 3.63) is 35.9 Å². The lowest BCUT2D eigenvalue weighted by atomic mass is 9.85. The van der Waals surface area contributed by atoms with E-state index in [1.54, 1.807) is 7.11 Å². The monoisotopic (exact) mass is 469 g/mol. The van der Waals surface area contributed by atoms with Crippen molar-refractivity contribution in [2.45, 2.75) is 44.9 Å². The average Bonchev–Trinajstić information content (AvgIpc) is 2.88. The maximum Gasteiger partial charge on any atom is 0.407 e. The van der Waals surface area contributed by atoms with Crippen molar-refractivity contribution in [3.63, 3.8) is 0 Å². The van der Waals surface area contributed by atoms with E-state index in [0.717, 1.165) is 69.5 Å². The second-order valence-electron chi connectivity index (χ2n) is 9.41. The summed E-state index contributed by atoms with van der Waals surface area (Å²) in [6.45, 7) is 3.25. The molecule has 2 aliphatic heterocycles. The van der Waals surface area contributed by atoms with Crippen molar-refractivity contribution in [1.82, 2.24) is 9.80 Å². The van der Waals surface area contributed by atoms with Crippen LogP contribution in [0.15, 0.2) is 35.5 Å². The highest BCUT2D eigenvalue weighted by Gasteiger charge is 2.28. The summed E-state index contributed by atoms with van der Waals surface area (Å²) < 4.78 is 5.97. The van der Waals surface area contributed by atoms with E-state index in [4.69, 9.17) is 14.7 Å². The van der Waals surface area contributed by atoms with Crippen LogP contribution in [0, 0.1) is 11.8 Å². The minimum absolute atomic E-state index is 0.0693. The molecule has 8 heteroatoms. The van der Waals surface area contributed by atoms with Gasteiger partial charge >= 0.3 is 6.09 Å². The van der Waals surface area contributed by atoms with Crippen LogP contribution in [0.4, 0.5) is 4.79 Å². The summed E-state index contributed by atoms with van der Waals surface area (Å²) in [7, 11) is 1.56. The van der Waals surface area contributed by atoms with E-state index >= 15 is 0 Å². The number of carbonyl (C=O) groups excluding carboxylic acids is 1. The minimum Gasteiger partial charge on any atom is -0.493 e. The number of oxime groups is 1. The van der Waals surface area contributed by atoms with Crippen LogP contribution >= 0.6 is 0 Å². The summed E-state index contributed by atoms with van der Waals surface area (Å²) in [6, 6.07) is 8.20. The van der Waals surface area contributed by atoms with Gasteiger partial charge < -0.3 is 24.5 Å². The van der Waals surface area contributed by atoms with E-state index in [9.17, 15) is 9.59 Å². The minimum atomic E-state index is -0.833. The van der Waals surface area contributed by atoms with Gasteiger partial charge in [0, 0.05) is 44.9 Å². The third-order valence-corrected chi connectivity index (χ3v) is 7.23. The van der Waals surface area contributed by atoms with Gasteiger partial charge in [0.05, 0.1) is 12.3 Å². The fourth-order valence-electron chi connectivity index (χ4n) is 5.05. The first-order valence-electron chi connectivity index (χ1n) is 12.3. The van der Waals surface area contributed by atoms with Crippen molar-refractivity contribution in [2.75, 3.05) is 39.9 Å². The van der Waals surface area contributed by atoms with Gasteiger partial charge in [-0.3, -0.25) is 4.79 Å². The highest BCUT2D eigenvalue weighted by atomic mass is 16.6. The van der Waals surface area contributed by atoms with Crippen LogP contribution in [0.5, 0.6) is 5.75 Å². The first-order valence-corrected chi connectivity index (χ1v) is 12.3. The third kappa shape index (κ3) is 6.10. The van der Waals surface area contributed by atoms with Crippen LogP contribution in [0.25, 0.3) is 5.57 Å². The molecule has 1 aromatic carbocycles. The maximum atomic E-state index is 12.9. The van der Waals surface area contributed by atoms with E-state index in [1.165, 1.54) is 16.0 Å². The summed E-state index contributed by atoms with van der Waals surface area (Å²) in [5.74, 6) is 1.57. The molecule has 1 aromatic rings. The molecule has 2 fully saturated rings. The molecule has 0 bridgehead atoms. The van der Waals surface area contributed by atoms with Crippen molar-refractivity contribution in [2.24, 2.45) is 17.0 Å². The number of likely N-dealkylation sites (tertiary alicyclic amines) is 2. The molecule has 2 heterocycles. The fourth-order valence-corrected chi connectivity index (χ4v) is 5.05. The zero-order valence-electron chi connectivity index (χ0n) is 19.9. The molecular weight excluding hydrogens is 434 g/mol. The van der Waals surface area contributed by atoms with Crippen LogP contribution in [0.2, 0.25) is 0 Å². The lowest BCUT2D eigenvalue weighted by Crippen LogP contribution is -2.42. The van der Waals surface area contributed by atoms with E-state index in [2.05, 4.69) is 23.4 Å². The zero-order chi connectivity index (χ0) is 23.9. The van der Waals surface area contributed by atoms with Gasteiger partial charge in [0.2, 0.25) is 5.91 Å². The van der Waals surface area contributed by atoms with Crippen molar-refractivity contribution in [3.8, 4) is 5.75 Å². The van der Waals surface area contributed by atoms with E-state index in [-0.39, 0.29) is 11.8 Å². The number of allylic oxidation sites excluding steroid dienone is 2. The molecule has 8 nitrogen and oxygen atoms in total. The molecule has 184 valence electrons. The van der Waals surface area contributed by atoms with Gasteiger partial charge in [0.25, 0.3) is 0 Å². The quantitative estimate of drug-likeness (QED) is 0.629. The van der Waals surface area contributed by atoms with Crippen molar-refractivity contribution < 1.29 is 24.3 Å². The van der Waals surface area contributed by atoms with E-state index < -0.39 is 6.09 Å². The highest BCUT2D eigenvalue weighted by molar-refractivity contribution is 5.88. The Hall–Kier alpha value is -3.03. The van der Waals surface area contributed by atoms with Crippen molar-refractivity contribution in [1.29, 1.82) is 0 Å². The average molecular weight is 470 g/mol. The maximum absolute atomic E-state index is 12.9. The van der Waals surface area contributed by atoms with Crippen LogP contribution in [0.1, 0.15) is 50.5 Å². The number of piperidine rings is 2. The Bertz CT molecular complexity index is 909. The highest BCUT2D eigenvalue weighted by Crippen LogP contribution is 2.32. The Morgan fingerprint density at radius 2 is 1.71 bits per heavy atom. The Labute approximate surface area is 201 Å². The number of hydrogen-bond acceptors (Lipinski definition) is 5. The SMILES string of the molecule is CON=C1CCN(C(=O)C2CC=C(c3ccc(OCC4CCN(C(=O)O)CC4)cc3)CC2)CC1. The zero-order valence-corrected chi connectivity index (χ0v) is 19.9. The fraction of sp³-hybridized carbons (Fsp3) is 0.577. The molecule has 0 spiro atoms. The number of nitrogens with zero attached hydrogens (tertiary/aromatic N) is 3. The smallest absolute Gasteiger partial charge is 0.407 e. The number of ether oxygens (including phenoxy) is 1. The van der Waals surface area contributed by atoms with E-state index in [0.29, 0.717) is 25.6 Å². The third-order valence-electron chi connectivity index (χ3n) is 7.23. The Morgan fingerprint density at radius 3 is 2.29 bits per heavy atom. The van der Waals surface area contributed by atoms with Gasteiger partial charge in [-0.1, -0.05) is 23.4 Å². The molecular formula is C26H35N3O5. The summed E-state index contributed by atoms with van der Waals surface area (Å²) in [5.41, 5.74) is 3.52. The summed E-state index contributed by atoms with van der Waals surface area (Å²) in [6.07, 6.45) is 7.24. The number of carbonyl (C=O) groups is 2. The molecule has 34 heavy (non-hydrogen) atoms. The molecule has 1 atom stereocenters. The number of carboxylic acid groups (broad SMARTS) is 1. The molecule has 0 radical (unpaired) electrons. The predicted molar refractivity (Wildman–Crippen MR) is 130 cm³/mol. The topological polar surface area (TPSA) is 91.7 Å². The van der Waals surface area contributed by atoms with Gasteiger partial charge in [-0.05, 0) is 61.3 Å². The second-order valence-corrected chi connectivity index (χ2v) is 9.41. The van der Waals surface area contributed by atoms with Crippen LogP contribution in [-0.2, 0) is 9.63 Å². The Morgan fingerprint density at radius 1 is 1.00 bits per heavy atom. The summed E-state index contributed by atoms with van der Waals surface area (Å²) >= 11 is 0. The first-order chi connectivity index (χ1) is 16.5. The lowest BCUT2D eigenvalue weighted by molar-refractivity contribution is -0.135. The van der Waals surface area contributed by atoms with Gasteiger partial charge in [0.15, 0.2) is 0 Å². The molecule has 2 amide bonds. The van der Waals surface area contributed by atoms with Crippen LogP contribution in [-0.4, -0.2) is 72.5 Å². The summed E-state index contributed by atoms with van der Waals surface area (Å²) in [5, 5.41) is 13.1. The largest absolute Gasteiger partial charge is 0.493 e. The van der Waals surface area contributed by atoms with Gasteiger partial charge in [0.1, 0.15) is 12.9 Å². The standard InChI is InChI=1S/C26H35N3O5/c1-33-27-23-12-16-28(17-13-23)25(30)22-4-2-20(3-5-22)21-6-8-24(9-7-21)34-18-19-10-14-29(15-11-19)26(31)32/h2,6-9,19,22H,3-5,10-18H2,1H3,(H,31,32). The molecule has 1 N–H and O–H groups in total. The van der Waals surface area contributed by atoms with E-state index in [1.807, 2.05) is 17.0 Å². The Kier molecular flexibility index (Phi) is 8.08. The molecule has 2 saturated heterocycles. The number of benzene rings is 1. The van der Waals surface area contributed by atoms with Gasteiger partial charge in [-0.25, -0.2) is 4.79 Å². The molecule has 0 aromatic heterocycles. The summed E-state index contributed by atoms with van der Waals surface area (Å²) in [4.78, 5) is 32.3. The Balaban J connectivity index is 1.23. The molecule has 4 rings (SSSR count). The first kappa shape index (κ1) is 24.1. The molecule has 1 aliphatic carbocycles. The van der Waals surface area contributed by atoms with Crippen LogP contribution < -0.4 is 4.74 Å². The predicted octanol–water partition coefficient (Wildman–Crippen LogP) is 4.26. The normalized spacial score (nSPS) is 21.6. The van der Waals surface area contributed by atoms with Gasteiger partial charge in [-0.15, -0.1) is 0 Å². The van der Waals surface area contributed by atoms with Crippen molar-refractivity contribution >= 4 is 23.3 Å². The molecule has 1 unspecified atom stereocenters. The molecule has 0 saturated carbocycles. The van der Waals surface area contributed by atoms with Gasteiger partial charge in [-0.2, -0.15) is 0 Å². The van der Waals surface area contributed by atoms with Crippen LogP contribution in [0.3, 0.4) is 0 Å².